The van der Waals surface area contributed by atoms with Crippen LogP contribution in [0.15, 0.2) is 291 Å². The third kappa shape index (κ3) is 7.67. The second kappa shape index (κ2) is 18.5. The van der Waals surface area contributed by atoms with Crippen molar-refractivity contribution in [1.29, 1.82) is 0 Å². The topological polar surface area (TPSA) is 16.3 Å². The van der Waals surface area contributed by atoms with Crippen LogP contribution in [0.2, 0.25) is 0 Å². The summed E-state index contributed by atoms with van der Waals surface area (Å²) >= 11 is 0. The third-order valence-electron chi connectivity index (χ3n) is 16.5. The van der Waals surface area contributed by atoms with E-state index < -0.39 is 0 Å². The summed E-state index contributed by atoms with van der Waals surface area (Å²) < 4.78 is 4.75. The second-order valence-corrected chi connectivity index (χ2v) is 21.4. The lowest BCUT2D eigenvalue weighted by molar-refractivity contribution is 0.660. The summed E-state index contributed by atoms with van der Waals surface area (Å²) in [6.45, 7) is 4.77. The van der Waals surface area contributed by atoms with Gasteiger partial charge in [0.2, 0.25) is 0 Å². The number of hydrogen-bond donors (Lipinski definition) is 0. The normalized spacial score (nSPS) is 12.5. The van der Waals surface area contributed by atoms with E-state index in [1.807, 2.05) is 0 Å². The van der Waals surface area contributed by atoms with Crippen LogP contribution in [0.4, 0.5) is 34.1 Å². The number of anilines is 6. The quantitative estimate of drug-likeness (QED) is 0.136. The van der Waals surface area contributed by atoms with Crippen molar-refractivity contribution in [3.8, 4) is 44.8 Å². The molecule has 1 aliphatic rings. The van der Waals surface area contributed by atoms with E-state index in [0.29, 0.717) is 0 Å². The van der Waals surface area contributed by atoms with E-state index in [-0.39, 0.29) is 5.41 Å². The van der Waals surface area contributed by atoms with Gasteiger partial charge in [-0.25, -0.2) is 0 Å². The molecule has 0 radical (unpaired) electrons. The Hall–Kier alpha value is -10.2. The highest BCUT2D eigenvalue weighted by Crippen LogP contribution is 2.53. The lowest BCUT2D eigenvalue weighted by Crippen LogP contribution is -2.17. The summed E-state index contributed by atoms with van der Waals surface area (Å²) in [6.07, 6.45) is 0. The molecule has 15 rings (SSSR count). The first-order chi connectivity index (χ1) is 38.9. The SMILES string of the molecule is CC1(C)c2cc(N(c3ccccc3)c3ccc(-c4ccc(-n5c6ccccc6c6ccccc65)cc4)cc3)ccc2-c2ccc(N(c3ccccc3)c3ccc(-c4ccc(-n5c6ccccc6c6ccccc65)cc4)cc3)cc21. The van der Waals surface area contributed by atoms with Crippen molar-refractivity contribution in [2.45, 2.75) is 19.3 Å². The first-order valence-corrected chi connectivity index (χ1v) is 27.3. The van der Waals surface area contributed by atoms with Crippen LogP contribution < -0.4 is 9.80 Å². The van der Waals surface area contributed by atoms with Crippen LogP contribution in [-0.4, -0.2) is 9.13 Å². The molecular formula is C75H54N4. The van der Waals surface area contributed by atoms with Crippen LogP contribution in [0, 0.1) is 0 Å². The van der Waals surface area contributed by atoms with Gasteiger partial charge in [0.1, 0.15) is 0 Å². The zero-order valence-electron chi connectivity index (χ0n) is 44.0. The monoisotopic (exact) mass is 1010 g/mol. The van der Waals surface area contributed by atoms with Gasteiger partial charge in [-0.3, -0.25) is 0 Å². The summed E-state index contributed by atoms with van der Waals surface area (Å²) in [5.74, 6) is 0. The Bertz CT molecular complexity index is 4190. The highest BCUT2D eigenvalue weighted by Gasteiger charge is 2.37. The smallest absolute Gasteiger partial charge is 0.0541 e. The maximum Gasteiger partial charge on any atom is 0.0541 e. The van der Waals surface area contributed by atoms with Crippen molar-refractivity contribution in [3.05, 3.63) is 302 Å². The number of para-hydroxylation sites is 6. The van der Waals surface area contributed by atoms with Crippen molar-refractivity contribution in [2.24, 2.45) is 0 Å². The predicted molar refractivity (Wildman–Crippen MR) is 333 cm³/mol. The lowest BCUT2D eigenvalue weighted by atomic mass is 9.82. The Morgan fingerprint density at radius 2 is 0.519 bits per heavy atom. The molecule has 0 amide bonds. The first-order valence-electron chi connectivity index (χ1n) is 27.3. The van der Waals surface area contributed by atoms with Gasteiger partial charge in [-0.05, 0) is 166 Å². The van der Waals surface area contributed by atoms with E-state index in [1.54, 1.807) is 0 Å². The Labute approximate surface area is 460 Å². The third-order valence-corrected chi connectivity index (χ3v) is 16.5. The summed E-state index contributed by atoms with van der Waals surface area (Å²) in [4.78, 5) is 4.78. The minimum Gasteiger partial charge on any atom is -0.310 e. The van der Waals surface area contributed by atoms with Crippen molar-refractivity contribution >= 4 is 77.7 Å². The van der Waals surface area contributed by atoms with Crippen LogP contribution >= 0.6 is 0 Å². The van der Waals surface area contributed by atoms with Crippen molar-refractivity contribution in [1.82, 2.24) is 9.13 Å². The molecule has 0 atom stereocenters. The van der Waals surface area contributed by atoms with Gasteiger partial charge < -0.3 is 18.9 Å². The molecule has 4 heteroatoms. The van der Waals surface area contributed by atoms with E-state index in [0.717, 1.165) is 45.5 Å². The van der Waals surface area contributed by atoms with Gasteiger partial charge in [-0.2, -0.15) is 0 Å². The van der Waals surface area contributed by atoms with Gasteiger partial charge in [-0.1, -0.05) is 184 Å². The Morgan fingerprint density at radius 1 is 0.253 bits per heavy atom. The summed E-state index contributed by atoms with van der Waals surface area (Å²) in [6, 6.07) is 106. The van der Waals surface area contributed by atoms with E-state index >= 15 is 0 Å². The molecule has 12 aromatic carbocycles. The zero-order valence-corrected chi connectivity index (χ0v) is 44.0. The van der Waals surface area contributed by atoms with Crippen LogP contribution in [0.3, 0.4) is 0 Å². The molecule has 0 fully saturated rings. The average Bonchev–Trinajstić information content (AvgIpc) is 4.21. The fourth-order valence-corrected chi connectivity index (χ4v) is 12.7. The van der Waals surface area contributed by atoms with Crippen molar-refractivity contribution < 1.29 is 0 Å². The maximum atomic E-state index is 2.42. The lowest BCUT2D eigenvalue weighted by Gasteiger charge is -2.29. The molecule has 1 aliphatic carbocycles. The number of rotatable bonds is 10. The Morgan fingerprint density at radius 3 is 0.848 bits per heavy atom. The largest absolute Gasteiger partial charge is 0.310 e. The van der Waals surface area contributed by atoms with E-state index in [2.05, 4.69) is 324 Å². The van der Waals surface area contributed by atoms with Crippen LogP contribution in [0.25, 0.3) is 88.4 Å². The van der Waals surface area contributed by atoms with Gasteiger partial charge in [0.05, 0.1) is 22.1 Å². The van der Waals surface area contributed by atoms with Crippen LogP contribution in [0.5, 0.6) is 0 Å². The number of nitrogens with zero attached hydrogens (tertiary/aromatic N) is 4. The number of aromatic nitrogens is 2. The second-order valence-electron chi connectivity index (χ2n) is 21.4. The fourth-order valence-electron chi connectivity index (χ4n) is 12.7. The van der Waals surface area contributed by atoms with Crippen molar-refractivity contribution in [2.75, 3.05) is 9.80 Å². The van der Waals surface area contributed by atoms with Crippen LogP contribution in [-0.2, 0) is 5.41 Å². The molecular weight excluding hydrogens is 957 g/mol. The fraction of sp³-hybridized carbons (Fsp3) is 0.0400. The molecule has 0 saturated heterocycles. The molecule has 79 heavy (non-hydrogen) atoms. The molecule has 0 N–H and O–H groups in total. The van der Waals surface area contributed by atoms with Gasteiger partial charge in [-0.15, -0.1) is 0 Å². The summed E-state index contributed by atoms with van der Waals surface area (Å²) in [7, 11) is 0. The standard InChI is InChI=1S/C75H54N4/c1-75(2)69-49-61(76(55-17-5-3-6-18-55)57-37-29-51(30-38-57)53-33-41-59(42-34-53)78-71-25-13-9-21-65(71)66-22-10-14-26-72(66)78)45-47-63(69)64-48-46-62(50-70(64)75)77(56-19-7-4-8-20-56)58-39-31-52(32-40-58)54-35-43-60(44-36-54)79-73-27-15-11-23-67(73)68-24-12-16-28-74(68)79/h3-50H,1-2H3. The van der Waals surface area contributed by atoms with Gasteiger partial charge >= 0.3 is 0 Å². The summed E-state index contributed by atoms with van der Waals surface area (Å²) in [5.41, 5.74) is 23.5. The maximum absolute atomic E-state index is 2.42. The Balaban J connectivity index is 0.725. The molecule has 2 heterocycles. The van der Waals surface area contributed by atoms with Crippen LogP contribution in [0.1, 0.15) is 25.0 Å². The van der Waals surface area contributed by atoms with E-state index in [9.17, 15) is 0 Å². The molecule has 4 nitrogen and oxygen atoms in total. The highest BCUT2D eigenvalue weighted by atomic mass is 15.1. The highest BCUT2D eigenvalue weighted by molar-refractivity contribution is 6.10. The predicted octanol–water partition coefficient (Wildman–Crippen LogP) is 20.5. The van der Waals surface area contributed by atoms with Crippen molar-refractivity contribution in [3.63, 3.8) is 0 Å². The molecule has 2 aromatic heterocycles. The first kappa shape index (κ1) is 46.2. The summed E-state index contributed by atoms with van der Waals surface area (Å²) in [5, 5.41) is 5.08. The minimum absolute atomic E-state index is 0.272. The number of hydrogen-bond acceptors (Lipinski definition) is 2. The van der Waals surface area contributed by atoms with E-state index in [1.165, 1.54) is 88.1 Å². The van der Waals surface area contributed by atoms with Gasteiger partial charge in [0, 0.05) is 72.5 Å². The molecule has 374 valence electrons. The number of benzene rings is 12. The molecule has 0 aliphatic heterocycles. The number of fused-ring (bicyclic) bond motifs is 9. The molecule has 0 spiro atoms. The molecule has 0 unspecified atom stereocenters. The molecule has 0 bridgehead atoms. The van der Waals surface area contributed by atoms with E-state index in [4.69, 9.17) is 0 Å². The Kier molecular flexibility index (Phi) is 10.8. The minimum atomic E-state index is -0.272. The average molecular weight is 1010 g/mol. The van der Waals surface area contributed by atoms with Gasteiger partial charge in [0.25, 0.3) is 0 Å². The molecule has 0 saturated carbocycles. The zero-order chi connectivity index (χ0) is 52.6. The molecule has 14 aromatic rings. The van der Waals surface area contributed by atoms with Gasteiger partial charge in [0.15, 0.2) is 0 Å².